The predicted octanol–water partition coefficient (Wildman–Crippen LogP) is 7.42. The smallest absolute Gasteiger partial charge is 0.255 e. The molecule has 1 unspecified atom stereocenters. The first-order chi connectivity index (χ1) is 21.9. The maximum absolute atomic E-state index is 13.9. The quantitative estimate of drug-likeness (QED) is 0.150. The number of piperidine rings is 1. The number of amides is 1. The number of aromatic nitrogens is 2. The van der Waals surface area contributed by atoms with E-state index in [1.807, 2.05) is 18.2 Å². The number of para-hydroxylation sites is 1. The van der Waals surface area contributed by atoms with Crippen LogP contribution in [-0.4, -0.2) is 60.7 Å². The summed E-state index contributed by atoms with van der Waals surface area (Å²) in [4.78, 5) is 24.1. The SMILES string of the molecule is COc1ccc(C(=O)N(CCC(C)C)Cc2nc3c(Cc4cccc(OCCC5CCCCN5)c4)cccc3[nH]2)c(Cl)c1OC. The number of hydrogen-bond donors (Lipinski definition) is 2. The molecule has 1 aliphatic rings. The molecule has 2 heterocycles. The van der Waals surface area contributed by atoms with Crippen molar-refractivity contribution < 1.29 is 19.0 Å². The fraction of sp³-hybridized carbons (Fsp3) is 0.444. The van der Waals surface area contributed by atoms with Gasteiger partial charge in [0.1, 0.15) is 11.6 Å². The van der Waals surface area contributed by atoms with Crippen molar-refractivity contribution in [2.24, 2.45) is 5.92 Å². The number of carbonyl (C=O) groups is 1. The van der Waals surface area contributed by atoms with E-state index in [4.69, 9.17) is 30.8 Å². The van der Waals surface area contributed by atoms with E-state index in [1.165, 1.54) is 26.4 Å². The van der Waals surface area contributed by atoms with Crippen molar-refractivity contribution in [2.75, 3.05) is 33.9 Å². The number of methoxy groups -OCH3 is 2. The highest BCUT2D eigenvalue weighted by atomic mass is 35.5. The average molecular weight is 633 g/mol. The molecule has 1 amide bonds. The van der Waals surface area contributed by atoms with Crippen LogP contribution in [0.25, 0.3) is 11.0 Å². The largest absolute Gasteiger partial charge is 0.494 e. The van der Waals surface area contributed by atoms with Crippen molar-refractivity contribution in [3.05, 3.63) is 82.1 Å². The zero-order valence-corrected chi connectivity index (χ0v) is 27.6. The number of benzene rings is 3. The highest BCUT2D eigenvalue weighted by molar-refractivity contribution is 6.35. The number of rotatable bonds is 14. The second-order valence-corrected chi connectivity index (χ2v) is 12.6. The number of hydrogen-bond acceptors (Lipinski definition) is 6. The lowest BCUT2D eigenvalue weighted by molar-refractivity contribution is 0.0731. The van der Waals surface area contributed by atoms with Gasteiger partial charge in [0, 0.05) is 12.6 Å². The number of halogens is 1. The Morgan fingerprint density at radius 3 is 2.69 bits per heavy atom. The van der Waals surface area contributed by atoms with E-state index >= 15 is 0 Å². The third-order valence-corrected chi connectivity index (χ3v) is 8.78. The third kappa shape index (κ3) is 8.30. The van der Waals surface area contributed by atoms with Gasteiger partial charge in [-0.25, -0.2) is 4.98 Å². The lowest BCUT2D eigenvalue weighted by atomic mass is 10.0. The number of fused-ring (bicyclic) bond motifs is 1. The van der Waals surface area contributed by atoms with Crippen LogP contribution in [-0.2, 0) is 13.0 Å². The topological polar surface area (TPSA) is 88.7 Å². The molecule has 0 bridgehead atoms. The van der Waals surface area contributed by atoms with E-state index in [0.717, 1.165) is 59.5 Å². The lowest BCUT2D eigenvalue weighted by Gasteiger charge is -2.24. The summed E-state index contributed by atoms with van der Waals surface area (Å²) in [5.74, 6) is 2.68. The van der Waals surface area contributed by atoms with Crippen LogP contribution < -0.4 is 19.5 Å². The Morgan fingerprint density at radius 1 is 1.09 bits per heavy atom. The van der Waals surface area contributed by atoms with E-state index in [0.29, 0.717) is 48.7 Å². The molecule has 9 heteroatoms. The predicted molar refractivity (Wildman–Crippen MR) is 180 cm³/mol. The molecule has 1 saturated heterocycles. The maximum atomic E-state index is 13.9. The molecule has 0 saturated carbocycles. The molecule has 1 fully saturated rings. The normalized spacial score (nSPS) is 14.9. The van der Waals surface area contributed by atoms with E-state index in [1.54, 1.807) is 24.1 Å². The van der Waals surface area contributed by atoms with Crippen LogP contribution in [0, 0.1) is 5.92 Å². The van der Waals surface area contributed by atoms with Crippen LogP contribution in [0.5, 0.6) is 17.2 Å². The van der Waals surface area contributed by atoms with Crippen molar-refractivity contribution in [1.82, 2.24) is 20.2 Å². The van der Waals surface area contributed by atoms with Crippen molar-refractivity contribution in [2.45, 2.75) is 65.0 Å². The summed E-state index contributed by atoms with van der Waals surface area (Å²) in [7, 11) is 3.06. The van der Waals surface area contributed by atoms with Gasteiger partial charge in [-0.05, 0) is 86.0 Å². The Bertz CT molecular complexity index is 1580. The van der Waals surface area contributed by atoms with Gasteiger partial charge in [-0.15, -0.1) is 0 Å². The molecular formula is C36H45ClN4O4. The summed E-state index contributed by atoms with van der Waals surface area (Å²) in [6.45, 7) is 7.00. The molecule has 1 atom stereocenters. The number of H-pyrrole nitrogens is 1. The number of carbonyl (C=O) groups excluding carboxylic acids is 1. The van der Waals surface area contributed by atoms with E-state index in [-0.39, 0.29) is 10.9 Å². The van der Waals surface area contributed by atoms with Gasteiger partial charge in [-0.3, -0.25) is 4.79 Å². The van der Waals surface area contributed by atoms with E-state index in [2.05, 4.69) is 48.4 Å². The van der Waals surface area contributed by atoms with Crippen molar-refractivity contribution in [3.63, 3.8) is 0 Å². The van der Waals surface area contributed by atoms with Crippen molar-refractivity contribution in [3.8, 4) is 17.2 Å². The van der Waals surface area contributed by atoms with Crippen LogP contribution in [0.2, 0.25) is 5.02 Å². The maximum Gasteiger partial charge on any atom is 0.255 e. The van der Waals surface area contributed by atoms with Crippen LogP contribution in [0.4, 0.5) is 0 Å². The summed E-state index contributed by atoms with van der Waals surface area (Å²) < 4.78 is 16.9. The van der Waals surface area contributed by atoms with Gasteiger partial charge < -0.3 is 29.4 Å². The van der Waals surface area contributed by atoms with E-state index in [9.17, 15) is 4.79 Å². The molecule has 0 aliphatic carbocycles. The number of nitrogens with one attached hydrogen (secondary N) is 2. The van der Waals surface area contributed by atoms with Crippen LogP contribution >= 0.6 is 11.6 Å². The second kappa shape index (κ2) is 15.5. The molecule has 4 aromatic rings. The molecular weight excluding hydrogens is 588 g/mol. The van der Waals surface area contributed by atoms with Crippen molar-refractivity contribution >= 4 is 28.5 Å². The van der Waals surface area contributed by atoms with Crippen LogP contribution in [0.15, 0.2) is 54.6 Å². The standard InChI is InChI=1S/C36H45ClN4O4/c1-24(2)16-19-41(36(42)29-14-15-31(43-3)35(44-4)33(29)37)23-32-39-30-13-8-10-26(34(30)40-32)21-25-9-7-12-28(22-25)45-20-17-27-11-5-6-18-38-27/h7-10,12-15,22,24,27,38H,5-6,11,16-21,23H2,1-4H3,(H,39,40). The summed E-state index contributed by atoms with van der Waals surface area (Å²) in [6, 6.07) is 18.5. The third-order valence-electron chi connectivity index (χ3n) is 8.41. The van der Waals surface area contributed by atoms with Gasteiger partial charge in [0.05, 0.1) is 49.0 Å². The minimum Gasteiger partial charge on any atom is -0.494 e. The van der Waals surface area contributed by atoms with Crippen LogP contribution in [0.3, 0.4) is 0 Å². The summed E-state index contributed by atoms with van der Waals surface area (Å²) in [5.41, 5.74) is 4.49. The lowest BCUT2D eigenvalue weighted by Crippen LogP contribution is -2.35. The summed E-state index contributed by atoms with van der Waals surface area (Å²) in [6.07, 6.45) is 6.39. The first kappa shape index (κ1) is 32.6. The molecule has 3 aromatic carbocycles. The highest BCUT2D eigenvalue weighted by Gasteiger charge is 2.24. The fourth-order valence-corrected chi connectivity index (χ4v) is 6.20. The Hall–Kier alpha value is -3.75. The average Bonchev–Trinajstić information content (AvgIpc) is 3.47. The first-order valence-corrected chi connectivity index (χ1v) is 16.4. The molecule has 2 N–H and O–H groups in total. The fourth-order valence-electron chi connectivity index (χ4n) is 5.89. The monoisotopic (exact) mass is 632 g/mol. The molecule has 0 radical (unpaired) electrons. The Morgan fingerprint density at radius 2 is 1.93 bits per heavy atom. The van der Waals surface area contributed by atoms with Gasteiger partial charge >= 0.3 is 0 Å². The molecule has 8 nitrogen and oxygen atoms in total. The molecule has 1 aliphatic heterocycles. The Labute approximate surface area is 271 Å². The zero-order valence-electron chi connectivity index (χ0n) is 26.8. The Kier molecular flexibility index (Phi) is 11.2. The molecule has 240 valence electrons. The summed E-state index contributed by atoms with van der Waals surface area (Å²) >= 11 is 6.65. The summed E-state index contributed by atoms with van der Waals surface area (Å²) in [5, 5.41) is 3.83. The van der Waals surface area contributed by atoms with Crippen molar-refractivity contribution in [1.29, 1.82) is 0 Å². The number of aromatic amines is 1. The molecule has 1 aromatic heterocycles. The van der Waals surface area contributed by atoms with E-state index < -0.39 is 0 Å². The number of ether oxygens (including phenoxy) is 3. The minimum absolute atomic E-state index is 0.182. The van der Waals surface area contributed by atoms with Gasteiger partial charge in [0.2, 0.25) is 0 Å². The highest BCUT2D eigenvalue weighted by Crippen LogP contribution is 2.38. The molecule has 5 rings (SSSR count). The minimum atomic E-state index is -0.182. The number of nitrogens with zero attached hydrogens (tertiary/aromatic N) is 2. The van der Waals surface area contributed by atoms with Gasteiger partial charge in [0.15, 0.2) is 11.5 Å². The molecule has 0 spiro atoms. The number of imidazole rings is 1. The second-order valence-electron chi connectivity index (χ2n) is 12.2. The molecule has 45 heavy (non-hydrogen) atoms. The van der Waals surface area contributed by atoms with Gasteiger partial charge in [-0.2, -0.15) is 0 Å². The van der Waals surface area contributed by atoms with Crippen LogP contribution in [0.1, 0.15) is 73.3 Å². The zero-order chi connectivity index (χ0) is 31.8. The van der Waals surface area contributed by atoms with Gasteiger partial charge in [0.25, 0.3) is 5.91 Å². The Balaban J connectivity index is 1.32. The first-order valence-electron chi connectivity index (χ1n) is 16.0. The van der Waals surface area contributed by atoms with Gasteiger partial charge in [-0.1, -0.05) is 56.1 Å².